The van der Waals surface area contributed by atoms with Crippen molar-refractivity contribution >= 4 is 17.2 Å². The van der Waals surface area contributed by atoms with E-state index in [0.29, 0.717) is 18.2 Å². The molecule has 2 aromatic carbocycles. The highest BCUT2D eigenvalue weighted by Gasteiger charge is 2.04. The second kappa shape index (κ2) is 7.27. The minimum Gasteiger partial charge on any atom is -0.490 e. The fourth-order valence-electron chi connectivity index (χ4n) is 2.20. The van der Waals surface area contributed by atoms with Gasteiger partial charge in [0.05, 0.1) is 0 Å². The van der Waals surface area contributed by atoms with Gasteiger partial charge in [-0.2, -0.15) is 0 Å². The third-order valence-corrected chi connectivity index (χ3v) is 3.73. The van der Waals surface area contributed by atoms with E-state index >= 15 is 0 Å². The molecule has 0 amide bonds. The van der Waals surface area contributed by atoms with Gasteiger partial charge in [0, 0.05) is 5.56 Å². The van der Waals surface area contributed by atoms with Crippen LogP contribution in [0.3, 0.4) is 0 Å². The van der Waals surface area contributed by atoms with Gasteiger partial charge in [-0.1, -0.05) is 30.4 Å². The van der Waals surface area contributed by atoms with Crippen molar-refractivity contribution in [2.45, 2.75) is 20.8 Å². The first-order valence-electron chi connectivity index (χ1n) is 7.20. The molecule has 116 valence electrons. The highest BCUT2D eigenvalue weighted by atomic mass is 32.1. The maximum atomic E-state index is 5.82. The molecule has 0 unspecified atom stereocenters. The molecule has 0 aliphatic carbocycles. The summed E-state index contributed by atoms with van der Waals surface area (Å²) in [6, 6.07) is 11.7. The molecule has 0 fully saturated rings. The highest BCUT2D eigenvalue weighted by Crippen LogP contribution is 2.23. The largest absolute Gasteiger partial charge is 0.490 e. The lowest BCUT2D eigenvalue weighted by Crippen LogP contribution is -2.12. The van der Waals surface area contributed by atoms with Gasteiger partial charge < -0.3 is 15.2 Å². The standard InChI is InChI=1S/C18H21NO2S/c1-12-9-13(2)14(3)17(10-12)21-8-7-20-16-6-4-5-15(11-16)18(19)22/h4-6,9-11H,7-8H2,1-3H3,(H2,19,22). The predicted molar refractivity (Wildman–Crippen MR) is 94.0 cm³/mol. The minimum absolute atomic E-state index is 0.368. The van der Waals surface area contributed by atoms with E-state index in [2.05, 4.69) is 32.9 Å². The minimum atomic E-state index is 0.368. The molecule has 0 radical (unpaired) electrons. The number of aryl methyl sites for hydroxylation is 2. The average molecular weight is 315 g/mol. The van der Waals surface area contributed by atoms with E-state index in [4.69, 9.17) is 27.4 Å². The normalized spacial score (nSPS) is 10.3. The molecule has 0 aliphatic heterocycles. The van der Waals surface area contributed by atoms with Crippen LogP contribution in [0.15, 0.2) is 36.4 Å². The predicted octanol–water partition coefficient (Wildman–Crippen LogP) is 3.70. The monoisotopic (exact) mass is 315 g/mol. The first-order chi connectivity index (χ1) is 10.5. The fourth-order valence-corrected chi connectivity index (χ4v) is 2.33. The fraction of sp³-hybridized carbons (Fsp3) is 0.278. The van der Waals surface area contributed by atoms with Gasteiger partial charge in [-0.3, -0.25) is 0 Å². The van der Waals surface area contributed by atoms with Gasteiger partial charge in [0.1, 0.15) is 29.7 Å². The third-order valence-electron chi connectivity index (χ3n) is 3.49. The van der Waals surface area contributed by atoms with Crippen molar-refractivity contribution < 1.29 is 9.47 Å². The first kappa shape index (κ1) is 16.3. The van der Waals surface area contributed by atoms with Crippen molar-refractivity contribution in [2.75, 3.05) is 13.2 Å². The van der Waals surface area contributed by atoms with Crippen LogP contribution < -0.4 is 15.2 Å². The first-order valence-corrected chi connectivity index (χ1v) is 7.61. The zero-order chi connectivity index (χ0) is 16.1. The van der Waals surface area contributed by atoms with Crippen molar-refractivity contribution in [2.24, 2.45) is 5.73 Å². The Morgan fingerprint density at radius 3 is 2.50 bits per heavy atom. The second-order valence-corrected chi connectivity index (χ2v) is 5.73. The van der Waals surface area contributed by atoms with E-state index < -0.39 is 0 Å². The number of rotatable bonds is 6. The van der Waals surface area contributed by atoms with Crippen molar-refractivity contribution in [3.05, 3.63) is 58.7 Å². The lowest BCUT2D eigenvalue weighted by Gasteiger charge is -2.13. The van der Waals surface area contributed by atoms with Crippen molar-refractivity contribution in [1.82, 2.24) is 0 Å². The van der Waals surface area contributed by atoms with Gasteiger partial charge in [-0.15, -0.1) is 0 Å². The van der Waals surface area contributed by atoms with Gasteiger partial charge >= 0.3 is 0 Å². The number of thiocarbonyl (C=S) groups is 1. The molecule has 0 atom stereocenters. The molecule has 4 heteroatoms. The summed E-state index contributed by atoms with van der Waals surface area (Å²) in [5, 5.41) is 0. The molecule has 2 aromatic rings. The Morgan fingerprint density at radius 2 is 1.77 bits per heavy atom. The van der Waals surface area contributed by atoms with Crippen molar-refractivity contribution in [1.29, 1.82) is 0 Å². The topological polar surface area (TPSA) is 44.5 Å². The molecule has 22 heavy (non-hydrogen) atoms. The molecular formula is C18H21NO2S. The maximum absolute atomic E-state index is 5.82. The van der Waals surface area contributed by atoms with E-state index in [1.165, 1.54) is 16.7 Å². The Morgan fingerprint density at radius 1 is 1.05 bits per heavy atom. The van der Waals surface area contributed by atoms with Crippen LogP contribution in [-0.2, 0) is 0 Å². The summed E-state index contributed by atoms with van der Waals surface area (Å²) in [6.45, 7) is 7.18. The number of nitrogens with two attached hydrogens (primary N) is 1. The van der Waals surface area contributed by atoms with Gasteiger partial charge in [0.2, 0.25) is 0 Å². The molecule has 2 rings (SSSR count). The summed E-state index contributed by atoms with van der Waals surface area (Å²) < 4.78 is 11.5. The average Bonchev–Trinajstić information content (AvgIpc) is 2.48. The van der Waals surface area contributed by atoms with Gasteiger partial charge in [-0.25, -0.2) is 0 Å². The van der Waals surface area contributed by atoms with E-state index in [9.17, 15) is 0 Å². The quantitative estimate of drug-likeness (QED) is 0.652. The molecule has 0 aromatic heterocycles. The van der Waals surface area contributed by atoms with Gasteiger partial charge in [0.25, 0.3) is 0 Å². The zero-order valence-electron chi connectivity index (χ0n) is 13.2. The highest BCUT2D eigenvalue weighted by molar-refractivity contribution is 7.80. The number of benzene rings is 2. The van der Waals surface area contributed by atoms with Crippen molar-refractivity contribution in [3.8, 4) is 11.5 Å². The summed E-state index contributed by atoms with van der Waals surface area (Å²) in [5.74, 6) is 1.66. The van der Waals surface area contributed by atoms with Crippen LogP contribution in [-0.4, -0.2) is 18.2 Å². The Labute approximate surface area is 137 Å². The summed E-state index contributed by atoms with van der Waals surface area (Å²) in [6.07, 6.45) is 0. The lowest BCUT2D eigenvalue weighted by molar-refractivity contribution is 0.216. The maximum Gasteiger partial charge on any atom is 0.122 e. The Bertz CT molecular complexity index is 683. The van der Waals surface area contributed by atoms with Gasteiger partial charge in [-0.05, 0) is 55.7 Å². The zero-order valence-corrected chi connectivity index (χ0v) is 14.0. The van der Waals surface area contributed by atoms with E-state index in [-0.39, 0.29) is 0 Å². The SMILES string of the molecule is Cc1cc(C)c(C)c(OCCOc2cccc(C(N)=S)c2)c1. The summed E-state index contributed by atoms with van der Waals surface area (Å²) in [4.78, 5) is 0.368. The molecule has 0 saturated heterocycles. The summed E-state index contributed by atoms with van der Waals surface area (Å²) in [5.41, 5.74) is 10.0. The summed E-state index contributed by atoms with van der Waals surface area (Å²) >= 11 is 4.96. The van der Waals surface area contributed by atoms with E-state index in [0.717, 1.165) is 17.1 Å². The molecule has 0 spiro atoms. The van der Waals surface area contributed by atoms with E-state index in [1.54, 1.807) is 0 Å². The van der Waals surface area contributed by atoms with Crippen LogP contribution in [0.1, 0.15) is 22.3 Å². The number of hydrogen-bond acceptors (Lipinski definition) is 3. The van der Waals surface area contributed by atoms with Crippen molar-refractivity contribution in [3.63, 3.8) is 0 Å². The molecule has 0 saturated carbocycles. The molecule has 2 N–H and O–H groups in total. The molecule has 0 bridgehead atoms. The smallest absolute Gasteiger partial charge is 0.122 e. The lowest BCUT2D eigenvalue weighted by atomic mass is 10.1. The van der Waals surface area contributed by atoms with Crippen LogP contribution in [0.5, 0.6) is 11.5 Å². The number of ether oxygens (including phenoxy) is 2. The Kier molecular flexibility index (Phi) is 5.39. The second-order valence-electron chi connectivity index (χ2n) is 5.29. The third kappa shape index (κ3) is 4.21. The molecule has 0 heterocycles. The van der Waals surface area contributed by atoms with E-state index in [1.807, 2.05) is 24.3 Å². The van der Waals surface area contributed by atoms with Crippen LogP contribution in [0.25, 0.3) is 0 Å². The van der Waals surface area contributed by atoms with Crippen LogP contribution in [0.4, 0.5) is 0 Å². The summed E-state index contributed by atoms with van der Waals surface area (Å²) in [7, 11) is 0. The Hall–Kier alpha value is -2.07. The number of hydrogen-bond donors (Lipinski definition) is 1. The molecule has 3 nitrogen and oxygen atoms in total. The molecule has 0 aliphatic rings. The Balaban J connectivity index is 1.90. The van der Waals surface area contributed by atoms with Gasteiger partial charge in [0.15, 0.2) is 0 Å². The van der Waals surface area contributed by atoms with Crippen LogP contribution in [0.2, 0.25) is 0 Å². The molecular weight excluding hydrogens is 294 g/mol. The van der Waals surface area contributed by atoms with Crippen LogP contribution in [0, 0.1) is 20.8 Å². The van der Waals surface area contributed by atoms with Crippen LogP contribution >= 0.6 is 12.2 Å².